The van der Waals surface area contributed by atoms with Crippen molar-refractivity contribution in [3.05, 3.63) is 99.4 Å². The van der Waals surface area contributed by atoms with Gasteiger partial charge in [-0.3, -0.25) is 4.79 Å². The monoisotopic (exact) mass is 565 g/mol. The van der Waals surface area contributed by atoms with Crippen molar-refractivity contribution in [1.29, 1.82) is 0 Å². The zero-order valence-corrected chi connectivity index (χ0v) is 22.9. The lowest BCUT2D eigenvalue weighted by atomic mass is 9.94. The first kappa shape index (κ1) is 26.4. The third kappa shape index (κ3) is 5.50. The van der Waals surface area contributed by atoms with Crippen molar-refractivity contribution in [2.45, 2.75) is 19.6 Å². The highest BCUT2D eigenvalue weighted by Gasteiger charge is 2.34. The van der Waals surface area contributed by atoms with Gasteiger partial charge in [-0.1, -0.05) is 41.4 Å². The molecule has 0 aliphatic carbocycles. The molecule has 0 saturated carbocycles. The van der Waals surface area contributed by atoms with Crippen molar-refractivity contribution in [2.75, 3.05) is 24.9 Å². The van der Waals surface area contributed by atoms with E-state index < -0.39 is 6.04 Å². The van der Waals surface area contributed by atoms with Crippen LogP contribution in [0.3, 0.4) is 0 Å². The number of carbonyl (C=O) groups excluding carboxylic acids is 1. The molecule has 1 unspecified atom stereocenters. The molecule has 0 radical (unpaired) electrons. The Balaban J connectivity index is 1.45. The molecule has 0 bridgehead atoms. The molecule has 39 heavy (non-hydrogen) atoms. The smallest absolute Gasteiger partial charge is 0.255 e. The molecule has 1 aromatic heterocycles. The molecule has 5 rings (SSSR count). The number of fused-ring (bicyclic) bond motifs is 1. The van der Waals surface area contributed by atoms with Crippen LogP contribution < -0.4 is 24.8 Å². The summed E-state index contributed by atoms with van der Waals surface area (Å²) in [4.78, 5) is 18.1. The van der Waals surface area contributed by atoms with Gasteiger partial charge in [0.15, 0.2) is 0 Å². The van der Waals surface area contributed by atoms with E-state index in [4.69, 9.17) is 37.4 Å². The standard InChI is InChI=1S/C28H25Cl2N5O4/c1-16-25(27(36)34-23-10-8-19(37-2)13-24(23)38-3)26(35-28(33-16)31-15-32-35)18-5-4-6-20(12-18)39-14-17-7-9-21(29)22(30)11-17/h4-13,15,26H,14H2,1-3H3,(H,34,36)(H,31,32,33). The van der Waals surface area contributed by atoms with Crippen molar-refractivity contribution in [3.63, 3.8) is 0 Å². The fourth-order valence-corrected chi connectivity index (χ4v) is 4.68. The van der Waals surface area contributed by atoms with Crippen molar-refractivity contribution in [2.24, 2.45) is 0 Å². The summed E-state index contributed by atoms with van der Waals surface area (Å²) in [6, 6.07) is 17.5. The number of rotatable bonds is 8. The zero-order valence-electron chi connectivity index (χ0n) is 21.4. The Morgan fingerprint density at radius 3 is 2.64 bits per heavy atom. The highest BCUT2D eigenvalue weighted by Crippen LogP contribution is 2.37. The number of benzene rings is 3. The van der Waals surface area contributed by atoms with Gasteiger partial charge in [0.1, 0.15) is 36.2 Å². The van der Waals surface area contributed by atoms with E-state index in [0.29, 0.717) is 56.8 Å². The highest BCUT2D eigenvalue weighted by molar-refractivity contribution is 6.42. The minimum absolute atomic E-state index is 0.292. The number of ether oxygens (including phenoxy) is 3. The highest BCUT2D eigenvalue weighted by atomic mass is 35.5. The Morgan fingerprint density at radius 1 is 1.03 bits per heavy atom. The molecule has 4 aromatic rings. The largest absolute Gasteiger partial charge is 0.497 e. The summed E-state index contributed by atoms with van der Waals surface area (Å²) in [5, 5.41) is 11.5. The van der Waals surface area contributed by atoms with Gasteiger partial charge in [0, 0.05) is 11.8 Å². The molecule has 0 fully saturated rings. The number of carbonyl (C=O) groups is 1. The van der Waals surface area contributed by atoms with Crippen LogP contribution in [0.5, 0.6) is 17.2 Å². The zero-order chi connectivity index (χ0) is 27.5. The first-order valence-corrected chi connectivity index (χ1v) is 12.7. The van der Waals surface area contributed by atoms with E-state index in [0.717, 1.165) is 11.1 Å². The molecule has 3 aromatic carbocycles. The van der Waals surface area contributed by atoms with Gasteiger partial charge in [0.2, 0.25) is 5.95 Å². The maximum absolute atomic E-state index is 13.8. The van der Waals surface area contributed by atoms with Crippen LogP contribution in [0.25, 0.3) is 0 Å². The predicted molar refractivity (Wildman–Crippen MR) is 150 cm³/mol. The van der Waals surface area contributed by atoms with E-state index >= 15 is 0 Å². The first-order valence-electron chi connectivity index (χ1n) is 11.9. The van der Waals surface area contributed by atoms with Crippen LogP contribution in [0.2, 0.25) is 10.0 Å². The molecule has 200 valence electrons. The van der Waals surface area contributed by atoms with Crippen LogP contribution in [0, 0.1) is 0 Å². The molecule has 1 amide bonds. The number of methoxy groups -OCH3 is 2. The summed E-state index contributed by atoms with van der Waals surface area (Å²) in [5.41, 5.74) is 3.28. The SMILES string of the molecule is COc1ccc(NC(=O)C2=C(C)Nc3ncnn3C2c2cccc(OCc3ccc(Cl)c(Cl)c3)c2)c(OC)c1. The molecular formula is C28H25Cl2N5O4. The maximum atomic E-state index is 13.8. The summed E-state index contributed by atoms with van der Waals surface area (Å²) in [5.74, 6) is 1.91. The normalized spacial score (nSPS) is 14.3. The van der Waals surface area contributed by atoms with Crippen molar-refractivity contribution >= 4 is 40.7 Å². The van der Waals surface area contributed by atoms with Crippen LogP contribution >= 0.6 is 23.2 Å². The molecule has 1 aliphatic rings. The van der Waals surface area contributed by atoms with Gasteiger partial charge in [-0.05, 0) is 54.4 Å². The van der Waals surface area contributed by atoms with Crippen LogP contribution in [0.4, 0.5) is 11.6 Å². The Morgan fingerprint density at radius 2 is 1.87 bits per heavy atom. The summed E-state index contributed by atoms with van der Waals surface area (Å²) in [6.07, 6.45) is 1.45. The van der Waals surface area contributed by atoms with Crippen LogP contribution in [-0.2, 0) is 11.4 Å². The Kier molecular flexibility index (Phi) is 7.63. The Bertz CT molecular complexity index is 1570. The van der Waals surface area contributed by atoms with Crippen molar-refractivity contribution < 1.29 is 19.0 Å². The van der Waals surface area contributed by atoms with Gasteiger partial charge in [-0.25, -0.2) is 4.68 Å². The van der Waals surface area contributed by atoms with Crippen molar-refractivity contribution in [1.82, 2.24) is 14.8 Å². The van der Waals surface area contributed by atoms with Gasteiger partial charge in [-0.2, -0.15) is 10.1 Å². The lowest BCUT2D eigenvalue weighted by Crippen LogP contribution is -2.31. The minimum Gasteiger partial charge on any atom is -0.497 e. The van der Waals surface area contributed by atoms with Crippen LogP contribution in [-0.4, -0.2) is 34.9 Å². The lowest BCUT2D eigenvalue weighted by Gasteiger charge is -2.29. The third-order valence-electron chi connectivity index (χ3n) is 6.26. The molecule has 0 spiro atoms. The fourth-order valence-electron chi connectivity index (χ4n) is 4.36. The average Bonchev–Trinajstić information content (AvgIpc) is 3.41. The van der Waals surface area contributed by atoms with Gasteiger partial charge < -0.3 is 24.8 Å². The van der Waals surface area contributed by atoms with Gasteiger partial charge in [0.05, 0.1) is 35.5 Å². The lowest BCUT2D eigenvalue weighted by molar-refractivity contribution is -0.113. The second-order valence-corrected chi connectivity index (χ2v) is 9.54. The minimum atomic E-state index is -0.568. The number of allylic oxidation sites excluding steroid dienone is 1. The van der Waals surface area contributed by atoms with E-state index in [1.165, 1.54) is 13.4 Å². The third-order valence-corrected chi connectivity index (χ3v) is 7.00. The van der Waals surface area contributed by atoms with Crippen molar-refractivity contribution in [3.8, 4) is 17.2 Å². The fraction of sp³-hybridized carbons (Fsp3) is 0.179. The summed E-state index contributed by atoms with van der Waals surface area (Å²) >= 11 is 12.2. The molecule has 0 saturated heterocycles. The summed E-state index contributed by atoms with van der Waals surface area (Å²) in [6.45, 7) is 2.12. The second-order valence-electron chi connectivity index (χ2n) is 8.72. The number of anilines is 2. The molecule has 2 heterocycles. The van der Waals surface area contributed by atoms with E-state index in [9.17, 15) is 4.79 Å². The number of halogens is 2. The number of nitrogens with one attached hydrogen (secondary N) is 2. The molecule has 2 N–H and O–H groups in total. The summed E-state index contributed by atoms with van der Waals surface area (Å²) < 4.78 is 18.5. The second kappa shape index (κ2) is 11.3. The Hall–Kier alpha value is -4.21. The molecule has 1 aliphatic heterocycles. The van der Waals surface area contributed by atoms with Gasteiger partial charge in [-0.15, -0.1) is 0 Å². The molecular weight excluding hydrogens is 541 g/mol. The number of amides is 1. The van der Waals surface area contributed by atoms with E-state index in [1.807, 2.05) is 37.3 Å². The maximum Gasteiger partial charge on any atom is 0.255 e. The number of aromatic nitrogens is 3. The Labute approximate surface area is 235 Å². The molecule has 11 heteroatoms. The number of hydrogen-bond donors (Lipinski definition) is 2. The first-order chi connectivity index (χ1) is 18.9. The molecule has 9 nitrogen and oxygen atoms in total. The van der Waals surface area contributed by atoms with Gasteiger partial charge >= 0.3 is 0 Å². The van der Waals surface area contributed by atoms with E-state index in [1.54, 1.807) is 42.1 Å². The quantitative estimate of drug-likeness (QED) is 0.266. The van der Waals surface area contributed by atoms with E-state index in [2.05, 4.69) is 20.7 Å². The number of hydrogen-bond acceptors (Lipinski definition) is 7. The predicted octanol–water partition coefficient (Wildman–Crippen LogP) is 6.11. The topological polar surface area (TPSA) is 99.5 Å². The van der Waals surface area contributed by atoms with Crippen LogP contribution in [0.15, 0.2) is 78.3 Å². The van der Waals surface area contributed by atoms with Crippen LogP contribution in [0.1, 0.15) is 24.1 Å². The average molecular weight is 566 g/mol. The van der Waals surface area contributed by atoms with E-state index in [-0.39, 0.29) is 5.91 Å². The van der Waals surface area contributed by atoms with Gasteiger partial charge in [0.25, 0.3) is 5.91 Å². The summed E-state index contributed by atoms with van der Waals surface area (Å²) in [7, 11) is 3.10. The molecule has 1 atom stereocenters. The number of nitrogens with zero attached hydrogens (tertiary/aromatic N) is 3.